The summed E-state index contributed by atoms with van der Waals surface area (Å²) < 4.78 is 38.6. The number of nitrogens with zero attached hydrogens (tertiary/aromatic N) is 2. The molecule has 0 saturated heterocycles. The Morgan fingerprint density at radius 2 is 1.92 bits per heavy atom. The van der Waals surface area contributed by atoms with Crippen LogP contribution < -0.4 is 16.0 Å². The van der Waals surface area contributed by atoms with Crippen LogP contribution in [0, 0.1) is 5.41 Å². The topological polar surface area (TPSA) is 85.7 Å². The van der Waals surface area contributed by atoms with Gasteiger partial charge in [0.15, 0.2) is 0 Å². The molecule has 1 aromatic rings. The van der Waals surface area contributed by atoms with Crippen LogP contribution in [0.25, 0.3) is 0 Å². The van der Waals surface area contributed by atoms with E-state index in [2.05, 4.69) is 25.9 Å². The van der Waals surface area contributed by atoms with Gasteiger partial charge in [-0.2, -0.15) is 18.2 Å². The summed E-state index contributed by atoms with van der Waals surface area (Å²) in [6.45, 7) is 1.74. The maximum absolute atomic E-state index is 12.9. The van der Waals surface area contributed by atoms with Gasteiger partial charge in [-0.15, -0.1) is 0 Å². The average molecular weight is 338 g/mol. The Hall–Kier alpha value is -2.84. The van der Waals surface area contributed by atoms with E-state index < -0.39 is 11.7 Å². The van der Waals surface area contributed by atoms with Gasteiger partial charge < -0.3 is 16.0 Å². The van der Waals surface area contributed by atoms with Gasteiger partial charge in [-0.1, -0.05) is 0 Å². The number of halogens is 3. The second kappa shape index (κ2) is 6.73. The predicted molar refractivity (Wildman–Crippen MR) is 86.9 cm³/mol. The van der Waals surface area contributed by atoms with Crippen LogP contribution in [0.2, 0.25) is 0 Å². The van der Waals surface area contributed by atoms with Gasteiger partial charge in [0.2, 0.25) is 5.95 Å². The summed E-state index contributed by atoms with van der Waals surface area (Å²) in [5.74, 6) is -0.302. The van der Waals surface area contributed by atoms with Crippen LogP contribution in [0.4, 0.5) is 24.9 Å². The van der Waals surface area contributed by atoms with E-state index >= 15 is 0 Å². The molecule has 0 spiro atoms. The van der Waals surface area contributed by atoms with Crippen molar-refractivity contribution < 1.29 is 13.2 Å². The van der Waals surface area contributed by atoms with Crippen LogP contribution in [0.15, 0.2) is 41.4 Å². The van der Waals surface area contributed by atoms with E-state index in [1.54, 1.807) is 32.3 Å². The first-order valence-electron chi connectivity index (χ1n) is 7.02. The molecular formula is C15H17F3N6. The lowest BCUT2D eigenvalue weighted by Gasteiger charge is -2.18. The lowest BCUT2D eigenvalue weighted by Crippen LogP contribution is -2.17. The summed E-state index contributed by atoms with van der Waals surface area (Å²) in [7, 11) is 3.09. The van der Waals surface area contributed by atoms with Gasteiger partial charge in [0, 0.05) is 37.8 Å². The number of rotatable bonds is 4. The number of allylic oxidation sites excluding steroid dienone is 4. The molecule has 6 nitrogen and oxygen atoms in total. The van der Waals surface area contributed by atoms with E-state index in [1.807, 2.05) is 0 Å². The van der Waals surface area contributed by atoms with E-state index in [-0.39, 0.29) is 11.8 Å². The normalized spacial score (nSPS) is 16.6. The molecule has 0 aliphatic heterocycles. The van der Waals surface area contributed by atoms with Crippen molar-refractivity contribution >= 4 is 17.5 Å². The van der Waals surface area contributed by atoms with Crippen molar-refractivity contribution in [2.45, 2.75) is 13.1 Å². The zero-order chi connectivity index (χ0) is 17.9. The highest BCUT2D eigenvalue weighted by Gasteiger charge is 2.35. The third-order valence-electron chi connectivity index (χ3n) is 3.37. The van der Waals surface area contributed by atoms with Crippen molar-refractivity contribution in [3.63, 3.8) is 0 Å². The standard InChI is InChI=1S/C15H17F3N6/c1-8-11(5-4-9(6-20-2)12(8)19)23-14-22-7-10(15(16,17)18)13(21-3)24-14/h4-7,19-20H,1-3H3,(H2,21,22,23,24)/b9-6-,19-12?. The summed E-state index contributed by atoms with van der Waals surface area (Å²) in [6, 6.07) is 0. The summed E-state index contributed by atoms with van der Waals surface area (Å²) in [5.41, 5.74) is 1.25. The lowest BCUT2D eigenvalue weighted by molar-refractivity contribution is -0.137. The van der Waals surface area contributed by atoms with E-state index in [9.17, 15) is 13.2 Å². The third kappa shape index (κ3) is 3.55. The van der Waals surface area contributed by atoms with Crippen molar-refractivity contribution in [3.05, 3.63) is 47.0 Å². The van der Waals surface area contributed by atoms with Gasteiger partial charge in [-0.3, -0.25) is 5.41 Å². The fourth-order valence-electron chi connectivity index (χ4n) is 2.10. The second-order valence-electron chi connectivity index (χ2n) is 4.96. The Morgan fingerprint density at radius 3 is 2.50 bits per heavy atom. The Labute approximate surface area is 137 Å². The molecule has 1 aromatic heterocycles. The minimum absolute atomic E-state index is 0.0141. The van der Waals surface area contributed by atoms with Gasteiger partial charge >= 0.3 is 6.18 Å². The molecule has 0 aromatic carbocycles. The van der Waals surface area contributed by atoms with Crippen molar-refractivity contribution in [2.75, 3.05) is 24.7 Å². The lowest BCUT2D eigenvalue weighted by atomic mass is 9.97. The smallest absolute Gasteiger partial charge is 0.393 e. The zero-order valence-electron chi connectivity index (χ0n) is 13.3. The maximum Gasteiger partial charge on any atom is 0.421 e. The highest BCUT2D eigenvalue weighted by atomic mass is 19.4. The van der Waals surface area contributed by atoms with Crippen LogP contribution in [0.3, 0.4) is 0 Å². The SMILES string of the molecule is CN/C=C1/C=CC(Nc2ncc(C(F)(F)F)c(NC)n2)=C(C)C1=N. The molecule has 9 heteroatoms. The highest BCUT2D eigenvalue weighted by molar-refractivity contribution is 6.13. The van der Waals surface area contributed by atoms with Crippen LogP contribution in [0.1, 0.15) is 12.5 Å². The van der Waals surface area contributed by atoms with Crippen molar-refractivity contribution in [1.82, 2.24) is 15.3 Å². The van der Waals surface area contributed by atoms with E-state index in [4.69, 9.17) is 5.41 Å². The zero-order valence-corrected chi connectivity index (χ0v) is 13.3. The first kappa shape index (κ1) is 17.5. The Kier molecular flexibility index (Phi) is 4.91. The van der Waals surface area contributed by atoms with Gasteiger partial charge in [-0.25, -0.2) is 4.98 Å². The number of hydrogen-bond acceptors (Lipinski definition) is 6. The largest absolute Gasteiger partial charge is 0.421 e. The Balaban J connectivity index is 2.31. The summed E-state index contributed by atoms with van der Waals surface area (Å²) in [4.78, 5) is 7.56. The third-order valence-corrected chi connectivity index (χ3v) is 3.37. The highest BCUT2D eigenvalue weighted by Crippen LogP contribution is 2.33. The molecule has 128 valence electrons. The van der Waals surface area contributed by atoms with Crippen molar-refractivity contribution in [1.29, 1.82) is 5.41 Å². The molecule has 0 saturated carbocycles. The second-order valence-corrected chi connectivity index (χ2v) is 4.96. The van der Waals surface area contributed by atoms with Gasteiger partial charge in [0.25, 0.3) is 0 Å². The van der Waals surface area contributed by atoms with Crippen LogP contribution in [-0.2, 0) is 6.18 Å². The molecule has 2 rings (SSSR count). The van der Waals surface area contributed by atoms with Crippen LogP contribution in [0.5, 0.6) is 0 Å². The van der Waals surface area contributed by atoms with Gasteiger partial charge in [0.1, 0.15) is 11.4 Å². The van der Waals surface area contributed by atoms with E-state index in [0.29, 0.717) is 22.6 Å². The minimum atomic E-state index is -4.54. The number of aromatic nitrogens is 2. The molecule has 1 aliphatic carbocycles. The first-order chi connectivity index (χ1) is 11.3. The van der Waals surface area contributed by atoms with E-state index in [1.165, 1.54) is 7.05 Å². The summed E-state index contributed by atoms with van der Waals surface area (Å²) >= 11 is 0. The molecule has 0 bridgehead atoms. The molecular weight excluding hydrogens is 321 g/mol. The summed E-state index contributed by atoms with van der Waals surface area (Å²) in [5, 5.41) is 16.2. The van der Waals surface area contributed by atoms with Crippen molar-refractivity contribution in [3.8, 4) is 0 Å². The monoisotopic (exact) mass is 338 g/mol. The van der Waals surface area contributed by atoms with Gasteiger partial charge in [-0.05, 0) is 24.6 Å². The fraction of sp³-hybridized carbons (Fsp3) is 0.267. The Morgan fingerprint density at radius 1 is 1.21 bits per heavy atom. The molecule has 1 heterocycles. The molecule has 0 fully saturated rings. The fourth-order valence-corrected chi connectivity index (χ4v) is 2.10. The molecule has 24 heavy (non-hydrogen) atoms. The minimum Gasteiger partial charge on any atom is -0.393 e. The average Bonchev–Trinajstić information content (AvgIpc) is 2.53. The molecule has 0 radical (unpaired) electrons. The Bertz CT molecular complexity index is 746. The first-order valence-corrected chi connectivity index (χ1v) is 7.02. The number of anilines is 2. The predicted octanol–water partition coefficient (Wildman–Crippen LogP) is 2.92. The molecule has 4 N–H and O–H groups in total. The maximum atomic E-state index is 12.9. The van der Waals surface area contributed by atoms with Crippen LogP contribution >= 0.6 is 0 Å². The number of alkyl halides is 3. The number of nitrogens with one attached hydrogen (secondary N) is 4. The van der Waals surface area contributed by atoms with Crippen LogP contribution in [-0.4, -0.2) is 29.8 Å². The van der Waals surface area contributed by atoms with Gasteiger partial charge in [0.05, 0.1) is 5.71 Å². The summed E-state index contributed by atoms with van der Waals surface area (Å²) in [6.07, 6.45) is 1.31. The number of hydrogen-bond donors (Lipinski definition) is 4. The molecule has 0 amide bonds. The molecule has 1 aliphatic rings. The van der Waals surface area contributed by atoms with E-state index in [0.717, 1.165) is 6.20 Å². The quantitative estimate of drug-likeness (QED) is 0.678. The van der Waals surface area contributed by atoms with Crippen molar-refractivity contribution in [2.24, 2.45) is 0 Å². The molecule has 0 atom stereocenters. The molecule has 0 unspecified atom stereocenters.